The monoisotopic (exact) mass is 694 g/mol. The Morgan fingerprint density at radius 3 is 1.56 bits per heavy atom. The second kappa shape index (κ2) is 14.8. The van der Waals surface area contributed by atoms with Gasteiger partial charge in [0.05, 0.1) is 0 Å². The molecular weight excluding hydrogens is 649 g/mol. The van der Waals surface area contributed by atoms with Gasteiger partial charge in [-0.25, -0.2) is 0 Å². The number of carbonyl (C=O) groups excluding carboxylic acids is 2. The van der Waals surface area contributed by atoms with Crippen LogP contribution in [0, 0.1) is 5.92 Å². The molecule has 1 fully saturated rings. The molecule has 4 heteroatoms. The third-order valence-corrected chi connectivity index (χ3v) is 13.2. The molecule has 5 aromatic rings. The SMILES string of the molecule is CCCC1CCC(c2ccc(-c3ccc(Sc4cccc5c4C(=O)c4cccc(Sc6ccc(C(C)(C)CC)cc6)c4C5=O)cc3)cc2)CC1. The Bertz CT molecular complexity index is 2000. The van der Waals surface area contributed by atoms with Crippen molar-refractivity contribution < 1.29 is 9.59 Å². The first-order valence-corrected chi connectivity index (χ1v) is 19.9. The lowest BCUT2D eigenvalue weighted by atomic mass is 9.77. The summed E-state index contributed by atoms with van der Waals surface area (Å²) >= 11 is 3.09. The molecule has 0 N–H and O–H groups in total. The predicted octanol–water partition coefficient (Wildman–Crippen LogP) is 13.2. The predicted molar refractivity (Wildman–Crippen MR) is 209 cm³/mol. The maximum absolute atomic E-state index is 14.1. The van der Waals surface area contributed by atoms with Gasteiger partial charge in [-0.1, -0.05) is 137 Å². The molecule has 2 aliphatic rings. The van der Waals surface area contributed by atoms with Crippen molar-refractivity contribution in [1.82, 2.24) is 0 Å². The zero-order chi connectivity index (χ0) is 34.8. The third kappa shape index (κ3) is 7.02. The van der Waals surface area contributed by atoms with Crippen LogP contribution in [0.2, 0.25) is 0 Å². The lowest BCUT2D eigenvalue weighted by Crippen LogP contribution is -2.22. The minimum absolute atomic E-state index is 0.0864. The highest BCUT2D eigenvalue weighted by Gasteiger charge is 2.34. The maximum Gasteiger partial charge on any atom is 0.195 e. The first-order valence-electron chi connectivity index (χ1n) is 18.3. The molecule has 0 amide bonds. The second-order valence-electron chi connectivity index (χ2n) is 14.6. The Kier molecular flexibility index (Phi) is 10.2. The molecule has 0 spiro atoms. The van der Waals surface area contributed by atoms with Crippen molar-refractivity contribution in [3.05, 3.63) is 143 Å². The summed E-state index contributed by atoms with van der Waals surface area (Å²) < 4.78 is 0. The summed E-state index contributed by atoms with van der Waals surface area (Å²) in [5.41, 5.74) is 7.25. The van der Waals surface area contributed by atoms with E-state index in [9.17, 15) is 9.59 Å². The van der Waals surface area contributed by atoms with Crippen molar-refractivity contribution >= 4 is 35.1 Å². The third-order valence-electron chi connectivity index (χ3n) is 11.1. The van der Waals surface area contributed by atoms with Crippen molar-refractivity contribution in [3.8, 4) is 11.1 Å². The summed E-state index contributed by atoms with van der Waals surface area (Å²) in [4.78, 5) is 31.9. The number of hydrogen-bond acceptors (Lipinski definition) is 4. The molecule has 2 aliphatic carbocycles. The molecule has 1 saturated carbocycles. The van der Waals surface area contributed by atoms with Crippen molar-refractivity contribution in [1.29, 1.82) is 0 Å². The van der Waals surface area contributed by atoms with Gasteiger partial charge in [0.15, 0.2) is 11.6 Å². The number of benzene rings is 5. The van der Waals surface area contributed by atoms with Crippen LogP contribution in [0.1, 0.15) is 122 Å². The van der Waals surface area contributed by atoms with Gasteiger partial charge in [0.25, 0.3) is 0 Å². The summed E-state index contributed by atoms with van der Waals surface area (Å²) in [6.07, 6.45) is 9.09. The number of fused-ring (bicyclic) bond motifs is 2. The number of rotatable bonds is 10. The fraction of sp³-hybridized carbons (Fsp3) is 0.304. The van der Waals surface area contributed by atoms with Gasteiger partial charge in [0.2, 0.25) is 0 Å². The second-order valence-corrected chi connectivity index (χ2v) is 16.9. The molecular formula is C46H46O2S2. The topological polar surface area (TPSA) is 34.1 Å². The van der Waals surface area contributed by atoms with E-state index in [1.54, 1.807) is 35.7 Å². The van der Waals surface area contributed by atoms with Gasteiger partial charge in [-0.2, -0.15) is 0 Å². The highest BCUT2D eigenvalue weighted by molar-refractivity contribution is 7.99. The zero-order valence-electron chi connectivity index (χ0n) is 29.6. The first-order chi connectivity index (χ1) is 24.3. The Hall–Kier alpha value is -3.86. The van der Waals surface area contributed by atoms with Crippen LogP contribution in [-0.4, -0.2) is 11.6 Å². The molecule has 0 radical (unpaired) electrons. The van der Waals surface area contributed by atoms with Crippen LogP contribution >= 0.6 is 23.5 Å². The van der Waals surface area contributed by atoms with E-state index in [2.05, 4.69) is 100 Å². The molecule has 7 rings (SSSR count). The number of ketones is 2. The smallest absolute Gasteiger partial charge is 0.195 e. The molecule has 2 nitrogen and oxygen atoms in total. The Labute approximate surface area is 306 Å². The molecule has 0 heterocycles. The molecule has 0 atom stereocenters. The van der Waals surface area contributed by atoms with Crippen molar-refractivity contribution in [2.75, 3.05) is 0 Å². The van der Waals surface area contributed by atoms with Crippen LogP contribution in [0.3, 0.4) is 0 Å². The van der Waals surface area contributed by atoms with Crippen LogP contribution in [0.5, 0.6) is 0 Å². The van der Waals surface area contributed by atoms with Crippen LogP contribution in [0.15, 0.2) is 129 Å². The molecule has 0 saturated heterocycles. The average Bonchev–Trinajstić information content (AvgIpc) is 3.15. The minimum atomic E-state index is -0.0873. The van der Waals surface area contributed by atoms with Gasteiger partial charge in [-0.15, -0.1) is 0 Å². The molecule has 0 bridgehead atoms. The highest BCUT2D eigenvalue weighted by Crippen LogP contribution is 2.42. The van der Waals surface area contributed by atoms with E-state index in [-0.39, 0.29) is 17.0 Å². The normalized spacial score (nSPS) is 17.4. The van der Waals surface area contributed by atoms with E-state index in [4.69, 9.17) is 0 Å². The van der Waals surface area contributed by atoms with Crippen molar-refractivity contribution in [2.45, 2.75) is 104 Å². The van der Waals surface area contributed by atoms with E-state index in [1.165, 1.54) is 60.8 Å². The van der Waals surface area contributed by atoms with Gasteiger partial charge < -0.3 is 0 Å². The molecule has 50 heavy (non-hydrogen) atoms. The van der Waals surface area contributed by atoms with Gasteiger partial charge in [0.1, 0.15) is 0 Å². The lowest BCUT2D eigenvalue weighted by Gasteiger charge is -2.28. The van der Waals surface area contributed by atoms with E-state index < -0.39 is 0 Å². The molecule has 254 valence electrons. The van der Waals surface area contributed by atoms with Crippen LogP contribution in [0.25, 0.3) is 11.1 Å². The van der Waals surface area contributed by atoms with Gasteiger partial charge in [-0.05, 0) is 108 Å². The maximum atomic E-state index is 14.1. The minimum Gasteiger partial charge on any atom is -0.289 e. The first kappa shape index (κ1) is 34.6. The zero-order valence-corrected chi connectivity index (χ0v) is 31.3. The van der Waals surface area contributed by atoms with E-state index in [1.807, 2.05) is 24.3 Å². The van der Waals surface area contributed by atoms with Gasteiger partial charge >= 0.3 is 0 Å². The number of carbonyl (C=O) groups is 2. The summed E-state index contributed by atoms with van der Waals surface area (Å²) in [5, 5.41) is 0. The summed E-state index contributed by atoms with van der Waals surface area (Å²) in [5.74, 6) is 1.44. The van der Waals surface area contributed by atoms with Crippen molar-refractivity contribution in [3.63, 3.8) is 0 Å². The number of hydrogen-bond donors (Lipinski definition) is 0. The van der Waals surface area contributed by atoms with Gasteiger partial charge in [0, 0.05) is 41.8 Å². The van der Waals surface area contributed by atoms with E-state index in [0.717, 1.165) is 31.9 Å². The Morgan fingerprint density at radius 1 is 0.600 bits per heavy atom. The average molecular weight is 695 g/mol. The quantitative estimate of drug-likeness (QED) is 0.143. The van der Waals surface area contributed by atoms with Crippen LogP contribution in [-0.2, 0) is 5.41 Å². The molecule has 5 aromatic carbocycles. The van der Waals surface area contributed by atoms with E-state index >= 15 is 0 Å². The largest absolute Gasteiger partial charge is 0.289 e. The Morgan fingerprint density at radius 2 is 1.08 bits per heavy atom. The fourth-order valence-electron chi connectivity index (χ4n) is 7.64. The van der Waals surface area contributed by atoms with Crippen LogP contribution in [0.4, 0.5) is 0 Å². The van der Waals surface area contributed by atoms with Gasteiger partial charge in [-0.3, -0.25) is 9.59 Å². The fourth-order valence-corrected chi connectivity index (χ4v) is 9.59. The highest BCUT2D eigenvalue weighted by atomic mass is 32.2. The van der Waals surface area contributed by atoms with Crippen LogP contribution < -0.4 is 0 Å². The van der Waals surface area contributed by atoms with E-state index in [0.29, 0.717) is 28.2 Å². The molecule has 0 aliphatic heterocycles. The van der Waals surface area contributed by atoms with Crippen molar-refractivity contribution in [2.24, 2.45) is 5.92 Å². The summed E-state index contributed by atoms with van der Waals surface area (Å²) in [7, 11) is 0. The summed E-state index contributed by atoms with van der Waals surface area (Å²) in [6, 6.07) is 37.6. The molecule has 0 unspecified atom stereocenters. The lowest BCUT2D eigenvalue weighted by molar-refractivity contribution is 0.0974. The summed E-state index contributed by atoms with van der Waals surface area (Å²) in [6.45, 7) is 9.02. The Balaban J connectivity index is 1.07. The molecule has 0 aromatic heterocycles. The standard InChI is InChI=1S/C46H46O2S2/c1-5-9-30-14-16-31(17-15-30)32-18-20-33(21-19-32)34-22-26-36(27-23-34)49-40-12-7-10-38-42(40)44(47)39-11-8-13-41(43(39)45(38)48)50-37-28-24-35(25-29-37)46(3,4)6-2/h7-8,10-13,18-31H,5-6,9,14-17H2,1-4H3.